The van der Waals surface area contributed by atoms with Crippen molar-refractivity contribution in [2.45, 2.75) is 52.3 Å². The molecule has 1 unspecified atom stereocenters. The van der Waals surface area contributed by atoms with Gasteiger partial charge in [0.15, 0.2) is 0 Å². The van der Waals surface area contributed by atoms with E-state index in [9.17, 15) is 4.79 Å². The lowest BCUT2D eigenvalue weighted by Crippen LogP contribution is -2.35. The molecular formula is C13H23N3O2. The van der Waals surface area contributed by atoms with Crippen LogP contribution < -0.4 is 10.9 Å². The van der Waals surface area contributed by atoms with Gasteiger partial charge in [-0.2, -0.15) is 0 Å². The molecule has 2 N–H and O–H groups in total. The highest BCUT2D eigenvalue weighted by Gasteiger charge is 2.11. The maximum Gasteiger partial charge on any atom is 0.251 e. The van der Waals surface area contributed by atoms with E-state index >= 15 is 0 Å². The van der Waals surface area contributed by atoms with Gasteiger partial charge in [-0.25, -0.2) is 4.98 Å². The average molecular weight is 253 g/mol. The molecule has 5 nitrogen and oxygen atoms in total. The largest absolute Gasteiger partial charge is 0.381 e. The smallest absolute Gasteiger partial charge is 0.251 e. The number of aromatic amines is 1. The Bertz CT molecular complexity index is 435. The van der Waals surface area contributed by atoms with Gasteiger partial charge in [0, 0.05) is 31.7 Å². The van der Waals surface area contributed by atoms with Gasteiger partial charge in [-0.05, 0) is 27.7 Å². The zero-order valence-corrected chi connectivity index (χ0v) is 11.8. The number of hydrogen-bond donors (Lipinski definition) is 2. The fourth-order valence-corrected chi connectivity index (χ4v) is 1.46. The van der Waals surface area contributed by atoms with Gasteiger partial charge >= 0.3 is 0 Å². The van der Waals surface area contributed by atoms with Gasteiger partial charge in [0.05, 0.1) is 11.8 Å². The summed E-state index contributed by atoms with van der Waals surface area (Å²) in [7, 11) is 1.65. The van der Waals surface area contributed by atoms with E-state index < -0.39 is 0 Å². The van der Waals surface area contributed by atoms with Gasteiger partial charge in [0.25, 0.3) is 5.56 Å². The predicted molar refractivity (Wildman–Crippen MR) is 71.6 cm³/mol. The van der Waals surface area contributed by atoms with Crippen LogP contribution in [0.1, 0.15) is 39.2 Å². The monoisotopic (exact) mass is 253 g/mol. The molecule has 1 rings (SSSR count). The summed E-state index contributed by atoms with van der Waals surface area (Å²) in [6.07, 6.45) is 0.647. The summed E-state index contributed by atoms with van der Waals surface area (Å²) in [6, 6.07) is 1.53. The van der Waals surface area contributed by atoms with E-state index in [4.69, 9.17) is 4.74 Å². The van der Waals surface area contributed by atoms with E-state index in [-0.39, 0.29) is 17.2 Å². The summed E-state index contributed by atoms with van der Waals surface area (Å²) in [6.45, 7) is 8.76. The minimum Gasteiger partial charge on any atom is -0.381 e. The molecule has 0 aromatic carbocycles. The molecule has 0 aliphatic carbocycles. The number of nitrogens with zero attached hydrogens (tertiary/aromatic N) is 1. The molecule has 1 aromatic heterocycles. The molecule has 1 atom stereocenters. The van der Waals surface area contributed by atoms with Gasteiger partial charge in [-0.3, -0.25) is 4.79 Å². The van der Waals surface area contributed by atoms with Crippen LogP contribution >= 0.6 is 0 Å². The standard InChI is InChI=1S/C13H23N3O2/c1-9(18-5)6-11-15-10(7-12(17)16-11)8-14-13(2,3)4/h7,9,14H,6,8H2,1-5H3,(H,15,16,17). The lowest BCUT2D eigenvalue weighted by molar-refractivity contribution is 0.117. The van der Waals surface area contributed by atoms with Crippen molar-refractivity contribution < 1.29 is 4.74 Å². The normalized spacial score (nSPS) is 13.6. The van der Waals surface area contributed by atoms with Crippen LogP contribution in [0.4, 0.5) is 0 Å². The Morgan fingerprint density at radius 3 is 2.72 bits per heavy atom. The zero-order chi connectivity index (χ0) is 13.8. The number of hydrogen-bond acceptors (Lipinski definition) is 4. The first-order valence-corrected chi connectivity index (χ1v) is 6.17. The molecule has 5 heteroatoms. The van der Waals surface area contributed by atoms with E-state index in [1.165, 1.54) is 6.07 Å². The van der Waals surface area contributed by atoms with Gasteiger partial charge in [0.1, 0.15) is 5.82 Å². The number of methoxy groups -OCH3 is 1. The second-order valence-electron chi connectivity index (χ2n) is 5.54. The molecule has 0 aliphatic heterocycles. The number of nitrogens with one attached hydrogen (secondary N) is 2. The quantitative estimate of drug-likeness (QED) is 0.828. The van der Waals surface area contributed by atoms with Crippen LogP contribution in [0.15, 0.2) is 10.9 Å². The molecule has 0 bridgehead atoms. The lowest BCUT2D eigenvalue weighted by atomic mass is 10.1. The SMILES string of the molecule is COC(C)Cc1nc(CNC(C)(C)C)cc(=O)[nH]1. The van der Waals surface area contributed by atoms with Crippen molar-refractivity contribution in [3.05, 3.63) is 27.9 Å². The van der Waals surface area contributed by atoms with Crippen molar-refractivity contribution in [1.82, 2.24) is 15.3 Å². The van der Waals surface area contributed by atoms with Crippen molar-refractivity contribution in [1.29, 1.82) is 0 Å². The van der Waals surface area contributed by atoms with E-state index in [0.717, 1.165) is 5.69 Å². The topological polar surface area (TPSA) is 67.0 Å². The number of H-pyrrole nitrogens is 1. The van der Waals surface area contributed by atoms with Gasteiger partial charge in [0.2, 0.25) is 0 Å². The molecule has 0 amide bonds. The van der Waals surface area contributed by atoms with E-state index in [1.54, 1.807) is 7.11 Å². The molecule has 18 heavy (non-hydrogen) atoms. The summed E-state index contributed by atoms with van der Waals surface area (Å²) < 4.78 is 5.17. The molecule has 0 aliphatic rings. The maximum atomic E-state index is 11.5. The van der Waals surface area contributed by atoms with E-state index in [1.807, 2.05) is 6.92 Å². The van der Waals surface area contributed by atoms with Crippen LogP contribution in [0.2, 0.25) is 0 Å². The molecule has 0 saturated carbocycles. The van der Waals surface area contributed by atoms with E-state index in [0.29, 0.717) is 18.8 Å². The summed E-state index contributed by atoms with van der Waals surface area (Å²) in [5.41, 5.74) is 0.644. The van der Waals surface area contributed by atoms with E-state index in [2.05, 4.69) is 36.1 Å². The van der Waals surface area contributed by atoms with Crippen molar-refractivity contribution in [2.75, 3.05) is 7.11 Å². The summed E-state index contributed by atoms with van der Waals surface area (Å²) in [5, 5.41) is 3.31. The van der Waals surface area contributed by atoms with Crippen molar-refractivity contribution in [3.8, 4) is 0 Å². The fourth-order valence-electron chi connectivity index (χ4n) is 1.46. The summed E-state index contributed by atoms with van der Waals surface area (Å²) >= 11 is 0. The Morgan fingerprint density at radius 1 is 1.50 bits per heavy atom. The number of rotatable bonds is 5. The summed E-state index contributed by atoms with van der Waals surface area (Å²) in [5.74, 6) is 0.669. The van der Waals surface area contributed by atoms with Crippen LogP contribution in [0.3, 0.4) is 0 Å². The third-order valence-corrected chi connectivity index (χ3v) is 2.53. The molecule has 0 spiro atoms. The number of aromatic nitrogens is 2. The van der Waals surface area contributed by atoms with Gasteiger partial charge in [-0.15, -0.1) is 0 Å². The molecule has 0 radical (unpaired) electrons. The summed E-state index contributed by atoms with van der Waals surface area (Å²) in [4.78, 5) is 18.7. The first-order valence-electron chi connectivity index (χ1n) is 6.17. The Labute approximate surface area is 108 Å². The highest BCUT2D eigenvalue weighted by molar-refractivity contribution is 5.04. The molecule has 102 valence electrons. The Morgan fingerprint density at radius 2 is 2.17 bits per heavy atom. The van der Waals surface area contributed by atoms with Crippen LogP contribution in [-0.4, -0.2) is 28.7 Å². The first-order chi connectivity index (χ1) is 8.30. The van der Waals surface area contributed by atoms with Crippen molar-refractivity contribution >= 4 is 0 Å². The van der Waals surface area contributed by atoms with Crippen molar-refractivity contribution in [2.24, 2.45) is 0 Å². The Kier molecular flexibility index (Phi) is 5.04. The predicted octanol–water partition coefficient (Wildman–Crippen LogP) is 1.24. The first kappa shape index (κ1) is 14.9. The van der Waals surface area contributed by atoms with Crippen LogP contribution in [-0.2, 0) is 17.7 Å². The highest BCUT2D eigenvalue weighted by atomic mass is 16.5. The highest BCUT2D eigenvalue weighted by Crippen LogP contribution is 2.03. The molecule has 1 aromatic rings. The van der Waals surface area contributed by atoms with Crippen LogP contribution in [0.25, 0.3) is 0 Å². The molecule has 1 heterocycles. The third-order valence-electron chi connectivity index (χ3n) is 2.53. The van der Waals surface area contributed by atoms with Crippen molar-refractivity contribution in [3.63, 3.8) is 0 Å². The third kappa shape index (κ3) is 5.42. The minimum absolute atomic E-state index is 0.00423. The average Bonchev–Trinajstić information content (AvgIpc) is 2.24. The lowest BCUT2D eigenvalue weighted by Gasteiger charge is -2.20. The second-order valence-corrected chi connectivity index (χ2v) is 5.54. The minimum atomic E-state index is -0.117. The fraction of sp³-hybridized carbons (Fsp3) is 0.692. The molecule has 0 fully saturated rings. The molecule has 0 saturated heterocycles. The maximum absolute atomic E-state index is 11.5. The van der Waals surface area contributed by atoms with Gasteiger partial charge in [-0.1, -0.05) is 0 Å². The Balaban J connectivity index is 2.78. The zero-order valence-electron chi connectivity index (χ0n) is 11.8. The van der Waals surface area contributed by atoms with Gasteiger partial charge < -0.3 is 15.0 Å². The second kappa shape index (κ2) is 6.11. The van der Waals surface area contributed by atoms with Crippen LogP contribution in [0.5, 0.6) is 0 Å². The molecular weight excluding hydrogens is 230 g/mol. The van der Waals surface area contributed by atoms with Crippen LogP contribution in [0, 0.1) is 0 Å². The Hall–Kier alpha value is -1.20. The number of ether oxygens (including phenoxy) is 1.